The number of ether oxygens (including phenoxy) is 2. The summed E-state index contributed by atoms with van der Waals surface area (Å²) < 4.78 is 10.5. The zero-order valence-electron chi connectivity index (χ0n) is 11.9. The molecule has 0 heterocycles. The molecule has 1 N–H and O–H groups in total. The molecule has 6 heteroatoms. The number of carbonyl (C=O) groups excluding carboxylic acids is 1. The fourth-order valence-electron chi connectivity index (χ4n) is 1.51. The summed E-state index contributed by atoms with van der Waals surface area (Å²) in [7, 11) is 1.42. The van der Waals surface area contributed by atoms with E-state index < -0.39 is 5.97 Å². The lowest BCUT2D eigenvalue weighted by atomic mass is 10.1. The van der Waals surface area contributed by atoms with Crippen LogP contribution in [0.5, 0.6) is 11.5 Å². The van der Waals surface area contributed by atoms with Crippen LogP contribution in [0.15, 0.2) is 22.2 Å². The average molecular weight is 354 g/mol. The van der Waals surface area contributed by atoms with Gasteiger partial charge in [0.05, 0.1) is 13.7 Å². The molecule has 0 bridgehead atoms. The number of methoxy groups -OCH3 is 1. The van der Waals surface area contributed by atoms with Gasteiger partial charge in [-0.15, -0.1) is 0 Å². The largest absolute Gasteiger partial charge is 0.504 e. The van der Waals surface area contributed by atoms with Crippen molar-refractivity contribution < 1.29 is 19.4 Å². The quantitative estimate of drug-likeness (QED) is 0.367. The Bertz CT molecular complexity index is 590. The van der Waals surface area contributed by atoms with E-state index in [9.17, 15) is 9.90 Å². The van der Waals surface area contributed by atoms with Crippen molar-refractivity contribution >= 4 is 28.0 Å². The van der Waals surface area contributed by atoms with Crippen LogP contribution in [0.4, 0.5) is 0 Å². The van der Waals surface area contributed by atoms with Crippen LogP contribution in [0, 0.1) is 11.3 Å². The molecule has 0 radical (unpaired) electrons. The number of carbonyl (C=O) groups is 1. The molecule has 21 heavy (non-hydrogen) atoms. The molecular weight excluding hydrogens is 338 g/mol. The highest BCUT2D eigenvalue weighted by molar-refractivity contribution is 9.10. The maximum atomic E-state index is 11.8. The first-order valence-electron chi connectivity index (χ1n) is 6.38. The summed E-state index contributed by atoms with van der Waals surface area (Å²) in [5.41, 5.74) is 0.424. The summed E-state index contributed by atoms with van der Waals surface area (Å²) in [6, 6.07) is 4.78. The summed E-state index contributed by atoms with van der Waals surface area (Å²) in [4.78, 5) is 11.8. The number of aromatic hydroxyl groups is 1. The van der Waals surface area contributed by atoms with Gasteiger partial charge in [-0.05, 0) is 30.2 Å². The molecule has 0 aliphatic heterocycles. The second-order valence-corrected chi connectivity index (χ2v) is 5.06. The topological polar surface area (TPSA) is 79.6 Å². The molecule has 1 aromatic rings. The number of rotatable bonds is 6. The highest BCUT2D eigenvalue weighted by Crippen LogP contribution is 2.33. The lowest BCUT2D eigenvalue weighted by molar-refractivity contribution is -0.138. The third-order valence-electron chi connectivity index (χ3n) is 2.67. The van der Waals surface area contributed by atoms with Crippen molar-refractivity contribution in [3.63, 3.8) is 0 Å². The number of halogens is 1. The molecule has 0 spiro atoms. The van der Waals surface area contributed by atoms with Gasteiger partial charge in [0.15, 0.2) is 11.5 Å². The highest BCUT2D eigenvalue weighted by atomic mass is 79.9. The summed E-state index contributed by atoms with van der Waals surface area (Å²) in [6.45, 7) is 2.27. The Morgan fingerprint density at radius 2 is 2.24 bits per heavy atom. The van der Waals surface area contributed by atoms with Gasteiger partial charge in [-0.2, -0.15) is 5.26 Å². The van der Waals surface area contributed by atoms with Crippen LogP contribution in [0.3, 0.4) is 0 Å². The minimum atomic E-state index is -0.662. The fraction of sp³-hybridized carbons (Fsp3) is 0.333. The lowest BCUT2D eigenvalue weighted by Crippen LogP contribution is -2.07. The van der Waals surface area contributed by atoms with Gasteiger partial charge in [0.2, 0.25) is 0 Å². The first-order chi connectivity index (χ1) is 10.0. The van der Waals surface area contributed by atoms with Gasteiger partial charge in [0, 0.05) is 4.47 Å². The van der Waals surface area contributed by atoms with Gasteiger partial charge in [-0.1, -0.05) is 29.3 Å². The predicted octanol–water partition coefficient (Wildman–Crippen LogP) is 3.41. The maximum Gasteiger partial charge on any atom is 0.348 e. The number of esters is 1. The zero-order chi connectivity index (χ0) is 15.8. The van der Waals surface area contributed by atoms with Crippen LogP contribution in [-0.2, 0) is 9.53 Å². The molecule has 112 valence electrons. The SMILES string of the molecule is CCCCOC(=O)C(C#N)=Cc1cc(OC)c(O)cc1Br. The van der Waals surface area contributed by atoms with Gasteiger partial charge in [0.1, 0.15) is 11.6 Å². The Morgan fingerprint density at radius 1 is 1.52 bits per heavy atom. The number of nitriles is 1. The third-order valence-corrected chi connectivity index (χ3v) is 3.36. The summed E-state index contributed by atoms with van der Waals surface area (Å²) in [5.74, 6) is -0.448. The summed E-state index contributed by atoms with van der Waals surface area (Å²) in [5, 5.41) is 18.7. The van der Waals surface area contributed by atoms with Crippen LogP contribution in [0.2, 0.25) is 0 Å². The van der Waals surface area contributed by atoms with E-state index >= 15 is 0 Å². The number of hydrogen-bond donors (Lipinski definition) is 1. The third kappa shape index (κ3) is 4.80. The Kier molecular flexibility index (Phi) is 6.76. The molecule has 0 aliphatic carbocycles. The van der Waals surface area contributed by atoms with Crippen molar-refractivity contribution in [1.82, 2.24) is 0 Å². The van der Waals surface area contributed by atoms with Crippen LogP contribution in [0.25, 0.3) is 6.08 Å². The van der Waals surface area contributed by atoms with Crippen LogP contribution < -0.4 is 4.74 Å². The van der Waals surface area contributed by atoms with E-state index in [4.69, 9.17) is 14.7 Å². The molecule has 1 aromatic carbocycles. The monoisotopic (exact) mass is 353 g/mol. The van der Waals surface area contributed by atoms with Crippen molar-refractivity contribution in [2.24, 2.45) is 0 Å². The lowest BCUT2D eigenvalue weighted by Gasteiger charge is -2.07. The van der Waals surface area contributed by atoms with Crippen molar-refractivity contribution in [2.75, 3.05) is 13.7 Å². The molecule has 0 amide bonds. The number of phenolic OH excluding ortho intramolecular Hbond substituents is 1. The average Bonchev–Trinajstić information content (AvgIpc) is 2.46. The second-order valence-electron chi connectivity index (χ2n) is 4.20. The minimum Gasteiger partial charge on any atom is -0.504 e. The first-order valence-corrected chi connectivity index (χ1v) is 7.18. The van der Waals surface area contributed by atoms with E-state index in [1.54, 1.807) is 0 Å². The van der Waals surface area contributed by atoms with E-state index in [0.717, 1.165) is 12.8 Å². The van der Waals surface area contributed by atoms with Gasteiger partial charge in [-0.25, -0.2) is 4.79 Å². The normalized spacial score (nSPS) is 10.9. The van der Waals surface area contributed by atoms with Crippen LogP contribution >= 0.6 is 15.9 Å². The second kappa shape index (κ2) is 8.32. The van der Waals surface area contributed by atoms with Gasteiger partial charge < -0.3 is 14.6 Å². The molecule has 1 rings (SSSR count). The number of phenols is 1. The first kappa shape index (κ1) is 17.1. The molecular formula is C15H16BrNO4. The predicted molar refractivity (Wildman–Crippen MR) is 81.8 cm³/mol. The number of unbranched alkanes of at least 4 members (excludes halogenated alkanes) is 1. The molecule has 0 fully saturated rings. The van der Waals surface area contributed by atoms with Crippen LogP contribution in [0.1, 0.15) is 25.3 Å². The zero-order valence-corrected chi connectivity index (χ0v) is 13.4. The van der Waals surface area contributed by atoms with Gasteiger partial charge >= 0.3 is 5.97 Å². The Labute approximate surface area is 131 Å². The molecule has 0 saturated heterocycles. The summed E-state index contributed by atoms with van der Waals surface area (Å²) in [6.07, 6.45) is 3.04. The molecule has 0 unspecified atom stereocenters. The number of benzene rings is 1. The standard InChI is InChI=1S/C15H16BrNO4/c1-3-4-5-21-15(19)11(9-17)6-10-7-14(20-2)13(18)8-12(10)16/h6-8,18H,3-5H2,1-2H3. The van der Waals surface area contributed by atoms with E-state index in [-0.39, 0.29) is 23.7 Å². The summed E-state index contributed by atoms with van der Waals surface area (Å²) >= 11 is 3.26. The molecule has 0 saturated carbocycles. The smallest absolute Gasteiger partial charge is 0.348 e. The molecule has 0 aliphatic rings. The molecule has 0 aromatic heterocycles. The van der Waals surface area contributed by atoms with Crippen molar-refractivity contribution in [3.05, 3.63) is 27.7 Å². The highest BCUT2D eigenvalue weighted by Gasteiger charge is 2.13. The van der Waals surface area contributed by atoms with E-state index in [2.05, 4.69) is 15.9 Å². The van der Waals surface area contributed by atoms with E-state index in [1.165, 1.54) is 25.3 Å². The van der Waals surface area contributed by atoms with Crippen molar-refractivity contribution in [2.45, 2.75) is 19.8 Å². The fourth-order valence-corrected chi connectivity index (χ4v) is 1.96. The van der Waals surface area contributed by atoms with Gasteiger partial charge in [0.25, 0.3) is 0 Å². The Morgan fingerprint density at radius 3 is 2.81 bits per heavy atom. The van der Waals surface area contributed by atoms with E-state index in [0.29, 0.717) is 10.0 Å². The molecule has 0 atom stereocenters. The van der Waals surface area contributed by atoms with Crippen molar-refractivity contribution in [3.8, 4) is 17.6 Å². The number of nitrogens with zero attached hydrogens (tertiary/aromatic N) is 1. The molecule has 5 nitrogen and oxygen atoms in total. The van der Waals surface area contributed by atoms with Crippen molar-refractivity contribution in [1.29, 1.82) is 5.26 Å². The minimum absolute atomic E-state index is 0.0365. The maximum absolute atomic E-state index is 11.8. The van der Waals surface area contributed by atoms with Crippen LogP contribution in [-0.4, -0.2) is 24.8 Å². The number of hydrogen-bond acceptors (Lipinski definition) is 5. The van der Waals surface area contributed by atoms with Gasteiger partial charge in [-0.3, -0.25) is 0 Å². The Hall–Kier alpha value is -2.00. The van der Waals surface area contributed by atoms with E-state index in [1.807, 2.05) is 13.0 Å². The Balaban J connectivity index is 3.03.